The lowest BCUT2D eigenvalue weighted by atomic mass is 10.1. The van der Waals surface area contributed by atoms with Gasteiger partial charge < -0.3 is 14.6 Å². The van der Waals surface area contributed by atoms with Gasteiger partial charge in [0.2, 0.25) is 11.8 Å². The molecular formula is C24H21N3O2. The SMILES string of the molecule is Cc1cc2nc(-c3cc(N)cc(-c4nc5cc(C)c(C)cc5o4)c3)oc2cc1C. The first-order valence-electron chi connectivity index (χ1n) is 9.54. The lowest BCUT2D eigenvalue weighted by Gasteiger charge is -2.02. The van der Waals surface area contributed by atoms with E-state index in [-0.39, 0.29) is 0 Å². The number of nitrogens with zero attached hydrogens (tertiary/aromatic N) is 2. The second-order valence-corrected chi connectivity index (χ2v) is 7.69. The summed E-state index contributed by atoms with van der Waals surface area (Å²) in [5.74, 6) is 1.06. The number of aromatic nitrogens is 2. The van der Waals surface area contributed by atoms with Gasteiger partial charge in [0.05, 0.1) is 0 Å². The molecule has 0 amide bonds. The number of nitrogen functional groups attached to an aromatic ring is 1. The van der Waals surface area contributed by atoms with E-state index in [0.717, 1.165) is 33.3 Å². The fourth-order valence-corrected chi connectivity index (χ4v) is 3.51. The van der Waals surface area contributed by atoms with E-state index >= 15 is 0 Å². The van der Waals surface area contributed by atoms with Crippen molar-refractivity contribution in [2.75, 3.05) is 5.73 Å². The molecule has 5 aromatic rings. The zero-order chi connectivity index (χ0) is 20.3. The summed E-state index contributed by atoms with van der Waals surface area (Å²) in [6.07, 6.45) is 0. The van der Waals surface area contributed by atoms with E-state index in [1.54, 1.807) is 0 Å². The Morgan fingerprint density at radius 1 is 0.586 bits per heavy atom. The Bertz CT molecular complexity index is 1230. The molecule has 0 aliphatic rings. The monoisotopic (exact) mass is 383 g/mol. The Labute approximate surface area is 168 Å². The first-order valence-corrected chi connectivity index (χ1v) is 9.54. The molecule has 0 fully saturated rings. The third kappa shape index (κ3) is 2.95. The normalized spacial score (nSPS) is 11.6. The molecule has 0 saturated carbocycles. The largest absolute Gasteiger partial charge is 0.436 e. The molecule has 3 aromatic carbocycles. The molecule has 0 aliphatic carbocycles. The Morgan fingerprint density at radius 3 is 1.45 bits per heavy atom. The fourth-order valence-electron chi connectivity index (χ4n) is 3.51. The first kappa shape index (κ1) is 17.5. The molecule has 5 rings (SSSR count). The molecule has 0 spiro atoms. The maximum absolute atomic E-state index is 6.18. The highest BCUT2D eigenvalue weighted by Crippen LogP contribution is 2.33. The molecule has 2 heterocycles. The van der Waals surface area contributed by atoms with Gasteiger partial charge in [-0.3, -0.25) is 0 Å². The zero-order valence-corrected chi connectivity index (χ0v) is 16.8. The second kappa shape index (κ2) is 6.21. The van der Waals surface area contributed by atoms with Gasteiger partial charge in [-0.15, -0.1) is 0 Å². The highest BCUT2D eigenvalue weighted by Gasteiger charge is 2.15. The molecule has 29 heavy (non-hydrogen) atoms. The van der Waals surface area contributed by atoms with Gasteiger partial charge in [0.15, 0.2) is 11.2 Å². The standard InChI is InChI=1S/C24H21N3O2/c1-12-5-19-21(7-14(12)3)28-23(26-19)16-9-17(11-18(25)10-16)24-27-20-6-13(2)15(4)8-22(20)29-24/h5-11H,25H2,1-4H3. The quantitative estimate of drug-likeness (QED) is 0.372. The summed E-state index contributed by atoms with van der Waals surface area (Å²) in [5.41, 5.74) is 16.3. The van der Waals surface area contributed by atoms with Gasteiger partial charge in [0.1, 0.15) is 11.0 Å². The van der Waals surface area contributed by atoms with Crippen molar-refractivity contribution in [3.8, 4) is 22.9 Å². The lowest BCUT2D eigenvalue weighted by Crippen LogP contribution is -1.89. The van der Waals surface area contributed by atoms with Gasteiger partial charge in [-0.05, 0) is 92.4 Å². The maximum Gasteiger partial charge on any atom is 0.227 e. The molecule has 0 unspecified atom stereocenters. The predicted molar refractivity (Wildman–Crippen MR) is 116 cm³/mol. The molecule has 144 valence electrons. The van der Waals surface area contributed by atoms with Crippen molar-refractivity contribution < 1.29 is 8.83 Å². The third-order valence-electron chi connectivity index (χ3n) is 5.46. The summed E-state index contributed by atoms with van der Waals surface area (Å²) in [5, 5.41) is 0. The van der Waals surface area contributed by atoms with Crippen molar-refractivity contribution in [3.63, 3.8) is 0 Å². The van der Waals surface area contributed by atoms with Crippen molar-refractivity contribution in [1.29, 1.82) is 0 Å². The highest BCUT2D eigenvalue weighted by atomic mass is 16.4. The topological polar surface area (TPSA) is 78.1 Å². The van der Waals surface area contributed by atoms with Crippen LogP contribution in [0, 0.1) is 27.7 Å². The van der Waals surface area contributed by atoms with Crippen molar-refractivity contribution in [2.24, 2.45) is 0 Å². The van der Waals surface area contributed by atoms with Crippen LogP contribution in [0.15, 0.2) is 51.3 Å². The van der Waals surface area contributed by atoms with Crippen LogP contribution in [0.4, 0.5) is 5.69 Å². The van der Waals surface area contributed by atoms with Crippen molar-refractivity contribution in [2.45, 2.75) is 27.7 Å². The van der Waals surface area contributed by atoms with Crippen LogP contribution in [0.5, 0.6) is 0 Å². The minimum absolute atomic E-state index is 0.529. The average Bonchev–Trinajstić information content (AvgIpc) is 3.26. The number of aryl methyl sites for hydroxylation is 4. The van der Waals surface area contributed by atoms with Crippen molar-refractivity contribution in [1.82, 2.24) is 9.97 Å². The lowest BCUT2D eigenvalue weighted by molar-refractivity contribution is 0.617. The number of hydrogen-bond donors (Lipinski definition) is 1. The smallest absolute Gasteiger partial charge is 0.227 e. The van der Waals surface area contributed by atoms with Crippen LogP contribution in [-0.4, -0.2) is 9.97 Å². The van der Waals surface area contributed by atoms with Gasteiger partial charge in [-0.25, -0.2) is 9.97 Å². The number of nitrogens with two attached hydrogens (primary N) is 1. The second-order valence-electron chi connectivity index (χ2n) is 7.69. The van der Waals surface area contributed by atoms with E-state index in [1.165, 1.54) is 22.3 Å². The molecular weight excluding hydrogens is 362 g/mol. The number of benzene rings is 3. The predicted octanol–water partition coefficient (Wildman–Crippen LogP) is 6.12. The summed E-state index contributed by atoms with van der Waals surface area (Å²) in [7, 11) is 0. The van der Waals surface area contributed by atoms with Crippen LogP contribution in [0.3, 0.4) is 0 Å². The molecule has 2 N–H and O–H groups in total. The minimum atomic E-state index is 0.529. The van der Waals surface area contributed by atoms with Crippen LogP contribution < -0.4 is 5.73 Å². The number of fused-ring (bicyclic) bond motifs is 2. The van der Waals surface area contributed by atoms with Crippen LogP contribution in [0.2, 0.25) is 0 Å². The first-order chi connectivity index (χ1) is 13.9. The highest BCUT2D eigenvalue weighted by molar-refractivity contribution is 5.82. The van der Waals surface area contributed by atoms with Crippen LogP contribution >= 0.6 is 0 Å². The summed E-state index contributed by atoms with van der Waals surface area (Å²) in [6.45, 7) is 8.26. The maximum atomic E-state index is 6.18. The van der Waals surface area contributed by atoms with Crippen LogP contribution in [-0.2, 0) is 0 Å². The Balaban J connectivity index is 1.64. The molecule has 0 saturated heterocycles. The Kier molecular flexibility index (Phi) is 3.74. The van der Waals surface area contributed by atoms with E-state index in [4.69, 9.17) is 14.6 Å². The number of rotatable bonds is 2. The molecule has 0 bridgehead atoms. The van der Waals surface area contributed by atoms with Crippen molar-refractivity contribution in [3.05, 3.63) is 64.7 Å². The molecule has 5 nitrogen and oxygen atoms in total. The van der Waals surface area contributed by atoms with Crippen LogP contribution in [0.25, 0.3) is 45.1 Å². The van der Waals surface area contributed by atoms with E-state index in [2.05, 4.69) is 37.7 Å². The van der Waals surface area contributed by atoms with Gasteiger partial charge in [-0.1, -0.05) is 0 Å². The van der Waals surface area contributed by atoms with Crippen molar-refractivity contribution >= 4 is 27.9 Å². The molecule has 0 atom stereocenters. The van der Waals surface area contributed by atoms with Gasteiger partial charge >= 0.3 is 0 Å². The molecule has 0 aliphatic heterocycles. The van der Waals surface area contributed by atoms with E-state index in [0.29, 0.717) is 17.5 Å². The zero-order valence-electron chi connectivity index (χ0n) is 16.8. The summed E-state index contributed by atoms with van der Waals surface area (Å²) in [4.78, 5) is 9.31. The number of oxazole rings is 2. The van der Waals surface area contributed by atoms with Gasteiger partial charge in [0.25, 0.3) is 0 Å². The Morgan fingerprint density at radius 2 is 1.00 bits per heavy atom. The van der Waals surface area contributed by atoms with Gasteiger partial charge in [-0.2, -0.15) is 0 Å². The Hall–Kier alpha value is -3.60. The molecule has 0 radical (unpaired) electrons. The fraction of sp³-hybridized carbons (Fsp3) is 0.167. The molecule has 2 aromatic heterocycles. The van der Waals surface area contributed by atoms with E-state index in [9.17, 15) is 0 Å². The summed E-state index contributed by atoms with van der Waals surface area (Å²) >= 11 is 0. The third-order valence-corrected chi connectivity index (χ3v) is 5.46. The van der Waals surface area contributed by atoms with E-state index in [1.807, 2.05) is 42.5 Å². The minimum Gasteiger partial charge on any atom is -0.436 e. The van der Waals surface area contributed by atoms with E-state index < -0.39 is 0 Å². The summed E-state index contributed by atoms with van der Waals surface area (Å²) in [6, 6.07) is 13.8. The molecule has 5 heteroatoms. The van der Waals surface area contributed by atoms with Gasteiger partial charge in [0, 0.05) is 16.8 Å². The average molecular weight is 383 g/mol. The number of hydrogen-bond acceptors (Lipinski definition) is 5. The summed E-state index contributed by atoms with van der Waals surface area (Å²) < 4.78 is 12.0. The van der Waals surface area contributed by atoms with Crippen LogP contribution in [0.1, 0.15) is 22.3 Å². The number of anilines is 1.